The average molecular weight is 241 g/mol. The monoisotopic (exact) mass is 241 g/mol. The van der Waals surface area contributed by atoms with Crippen LogP contribution >= 0.6 is 0 Å². The van der Waals surface area contributed by atoms with Crippen molar-refractivity contribution < 1.29 is 0 Å². The minimum Gasteiger partial charge on any atom is -0.384 e. The summed E-state index contributed by atoms with van der Waals surface area (Å²) in [5.74, 6) is 0.561. The minimum absolute atomic E-state index is 0.561. The summed E-state index contributed by atoms with van der Waals surface area (Å²) in [7, 11) is 0. The summed E-state index contributed by atoms with van der Waals surface area (Å²) in [5.41, 5.74) is 9.38. The van der Waals surface area contributed by atoms with Crippen molar-refractivity contribution in [2.45, 2.75) is 20.4 Å². The van der Waals surface area contributed by atoms with Crippen LogP contribution < -0.4 is 10.6 Å². The lowest BCUT2D eigenvalue weighted by atomic mass is 10.1. The molecule has 2 rings (SSSR count). The normalized spacial score (nSPS) is 10.3. The van der Waals surface area contributed by atoms with Crippen LogP contribution in [0.15, 0.2) is 42.6 Å². The lowest BCUT2D eigenvalue weighted by molar-refractivity contribution is 0.824. The highest BCUT2D eigenvalue weighted by Crippen LogP contribution is 2.18. The van der Waals surface area contributed by atoms with Crippen LogP contribution in [-0.4, -0.2) is 11.5 Å². The number of pyridine rings is 1. The zero-order chi connectivity index (χ0) is 13.0. The number of nitrogens with two attached hydrogens (primary N) is 1. The fourth-order valence-electron chi connectivity index (χ4n) is 1.96. The molecular weight excluding hydrogens is 222 g/mol. The summed E-state index contributed by atoms with van der Waals surface area (Å²) < 4.78 is 0. The molecule has 1 aromatic heterocycles. The first-order valence-corrected chi connectivity index (χ1v) is 6.21. The molecule has 94 valence electrons. The Balaban J connectivity index is 2.20. The molecule has 0 amide bonds. The van der Waals surface area contributed by atoms with Gasteiger partial charge in [-0.3, -0.25) is 0 Å². The van der Waals surface area contributed by atoms with Crippen molar-refractivity contribution >= 4 is 11.5 Å². The molecule has 0 saturated heterocycles. The molecule has 0 fully saturated rings. The van der Waals surface area contributed by atoms with Crippen LogP contribution in [0.5, 0.6) is 0 Å². The molecule has 0 unspecified atom stereocenters. The summed E-state index contributed by atoms with van der Waals surface area (Å²) in [5, 5.41) is 0. The first kappa shape index (κ1) is 12.4. The minimum atomic E-state index is 0.561. The molecule has 0 radical (unpaired) electrons. The Bertz CT molecular complexity index is 505. The molecule has 0 spiro atoms. The van der Waals surface area contributed by atoms with Gasteiger partial charge in [-0.15, -0.1) is 0 Å². The maximum Gasteiger partial charge on any atom is 0.123 e. The first-order valence-electron chi connectivity index (χ1n) is 6.21. The quantitative estimate of drug-likeness (QED) is 0.894. The number of hydrogen-bond acceptors (Lipinski definition) is 3. The van der Waals surface area contributed by atoms with Gasteiger partial charge >= 0.3 is 0 Å². The molecule has 0 aliphatic carbocycles. The standard InChI is InChI=1S/C15H19N3/c1-3-18(14-8-9-15(16)17-10-14)11-13-7-5-4-6-12(13)2/h4-10H,3,11H2,1-2H3,(H2,16,17). The molecule has 3 heteroatoms. The molecule has 18 heavy (non-hydrogen) atoms. The highest BCUT2D eigenvalue weighted by molar-refractivity contribution is 5.48. The highest BCUT2D eigenvalue weighted by atomic mass is 15.1. The van der Waals surface area contributed by atoms with Crippen LogP contribution in [-0.2, 0) is 6.54 Å². The van der Waals surface area contributed by atoms with Gasteiger partial charge < -0.3 is 10.6 Å². The zero-order valence-electron chi connectivity index (χ0n) is 10.9. The molecule has 1 heterocycles. The van der Waals surface area contributed by atoms with Gasteiger partial charge in [0.1, 0.15) is 5.82 Å². The number of rotatable bonds is 4. The Morgan fingerprint density at radius 3 is 2.56 bits per heavy atom. The van der Waals surface area contributed by atoms with Crippen LogP contribution in [0.2, 0.25) is 0 Å². The number of aromatic nitrogens is 1. The largest absolute Gasteiger partial charge is 0.384 e. The van der Waals surface area contributed by atoms with Gasteiger partial charge in [-0.05, 0) is 37.1 Å². The Hall–Kier alpha value is -2.03. The SMILES string of the molecule is CCN(Cc1ccccc1C)c1ccc(N)nc1. The number of aryl methyl sites for hydroxylation is 1. The molecule has 1 aromatic carbocycles. The predicted octanol–water partition coefficient (Wildman–Crippen LogP) is 3.00. The van der Waals surface area contributed by atoms with E-state index in [1.54, 1.807) is 0 Å². The van der Waals surface area contributed by atoms with E-state index >= 15 is 0 Å². The second-order valence-corrected chi connectivity index (χ2v) is 4.38. The van der Waals surface area contributed by atoms with Gasteiger partial charge in [0.15, 0.2) is 0 Å². The Morgan fingerprint density at radius 2 is 1.94 bits per heavy atom. The number of anilines is 2. The van der Waals surface area contributed by atoms with E-state index in [2.05, 4.69) is 48.0 Å². The zero-order valence-corrected chi connectivity index (χ0v) is 10.9. The third-order valence-electron chi connectivity index (χ3n) is 3.14. The van der Waals surface area contributed by atoms with E-state index in [4.69, 9.17) is 5.73 Å². The second-order valence-electron chi connectivity index (χ2n) is 4.38. The summed E-state index contributed by atoms with van der Waals surface area (Å²) in [6.45, 7) is 6.13. The van der Waals surface area contributed by atoms with Crippen LogP contribution in [0, 0.1) is 6.92 Å². The maximum absolute atomic E-state index is 5.62. The Labute approximate surface area is 108 Å². The van der Waals surface area contributed by atoms with E-state index in [1.165, 1.54) is 11.1 Å². The van der Waals surface area contributed by atoms with Crippen molar-refractivity contribution in [3.63, 3.8) is 0 Å². The third kappa shape index (κ3) is 2.80. The molecule has 0 aliphatic heterocycles. The van der Waals surface area contributed by atoms with E-state index in [-0.39, 0.29) is 0 Å². The molecular formula is C15H19N3. The van der Waals surface area contributed by atoms with Gasteiger partial charge in [0, 0.05) is 13.1 Å². The van der Waals surface area contributed by atoms with Crippen LogP contribution in [0.3, 0.4) is 0 Å². The molecule has 0 aliphatic rings. The fourth-order valence-corrected chi connectivity index (χ4v) is 1.96. The smallest absolute Gasteiger partial charge is 0.123 e. The van der Waals surface area contributed by atoms with Crippen LogP contribution in [0.25, 0.3) is 0 Å². The van der Waals surface area contributed by atoms with Crippen molar-refractivity contribution in [2.24, 2.45) is 0 Å². The van der Waals surface area contributed by atoms with E-state index in [0.29, 0.717) is 5.82 Å². The summed E-state index contributed by atoms with van der Waals surface area (Å²) >= 11 is 0. The van der Waals surface area contributed by atoms with E-state index in [9.17, 15) is 0 Å². The topological polar surface area (TPSA) is 42.1 Å². The van der Waals surface area contributed by atoms with Gasteiger partial charge in [0.05, 0.1) is 11.9 Å². The summed E-state index contributed by atoms with van der Waals surface area (Å²) in [4.78, 5) is 6.43. The van der Waals surface area contributed by atoms with E-state index in [1.807, 2.05) is 18.3 Å². The summed E-state index contributed by atoms with van der Waals surface area (Å²) in [6.07, 6.45) is 1.83. The molecule has 0 atom stereocenters. The number of nitrogens with zero attached hydrogens (tertiary/aromatic N) is 2. The third-order valence-corrected chi connectivity index (χ3v) is 3.14. The van der Waals surface area contributed by atoms with Crippen molar-refractivity contribution in [3.05, 3.63) is 53.7 Å². The van der Waals surface area contributed by atoms with Gasteiger partial charge in [-0.1, -0.05) is 24.3 Å². The Morgan fingerprint density at radius 1 is 1.17 bits per heavy atom. The molecule has 2 N–H and O–H groups in total. The Kier molecular flexibility index (Phi) is 3.82. The number of nitrogen functional groups attached to an aromatic ring is 1. The summed E-state index contributed by atoms with van der Waals surface area (Å²) in [6, 6.07) is 12.3. The lowest BCUT2D eigenvalue weighted by Crippen LogP contribution is -2.22. The van der Waals surface area contributed by atoms with E-state index < -0.39 is 0 Å². The van der Waals surface area contributed by atoms with E-state index in [0.717, 1.165) is 18.8 Å². The molecule has 0 bridgehead atoms. The van der Waals surface area contributed by atoms with Gasteiger partial charge in [-0.25, -0.2) is 4.98 Å². The number of benzene rings is 1. The van der Waals surface area contributed by atoms with Crippen LogP contribution in [0.1, 0.15) is 18.1 Å². The van der Waals surface area contributed by atoms with Crippen LogP contribution in [0.4, 0.5) is 11.5 Å². The predicted molar refractivity (Wildman–Crippen MR) is 76.6 cm³/mol. The van der Waals surface area contributed by atoms with Gasteiger partial charge in [0.2, 0.25) is 0 Å². The van der Waals surface area contributed by atoms with Crippen molar-refractivity contribution in [1.29, 1.82) is 0 Å². The average Bonchev–Trinajstić information content (AvgIpc) is 2.39. The van der Waals surface area contributed by atoms with Crippen molar-refractivity contribution in [3.8, 4) is 0 Å². The maximum atomic E-state index is 5.62. The second kappa shape index (κ2) is 5.54. The first-order chi connectivity index (χ1) is 8.70. The van der Waals surface area contributed by atoms with Crippen molar-refractivity contribution in [2.75, 3.05) is 17.2 Å². The highest BCUT2D eigenvalue weighted by Gasteiger charge is 2.07. The lowest BCUT2D eigenvalue weighted by Gasteiger charge is -2.23. The fraction of sp³-hybridized carbons (Fsp3) is 0.267. The molecule has 3 nitrogen and oxygen atoms in total. The van der Waals surface area contributed by atoms with Crippen molar-refractivity contribution in [1.82, 2.24) is 4.98 Å². The molecule has 0 saturated carbocycles. The number of hydrogen-bond donors (Lipinski definition) is 1. The van der Waals surface area contributed by atoms with Gasteiger partial charge in [0.25, 0.3) is 0 Å². The molecule has 2 aromatic rings. The van der Waals surface area contributed by atoms with Gasteiger partial charge in [-0.2, -0.15) is 0 Å².